The summed E-state index contributed by atoms with van der Waals surface area (Å²) in [6.07, 6.45) is 3.67. The van der Waals surface area contributed by atoms with E-state index in [1.807, 2.05) is 12.4 Å². The average molecular weight is 242 g/mol. The van der Waals surface area contributed by atoms with Crippen LogP contribution in [0.2, 0.25) is 0 Å². The van der Waals surface area contributed by atoms with Crippen molar-refractivity contribution in [2.45, 2.75) is 6.04 Å². The molecule has 1 aliphatic heterocycles. The van der Waals surface area contributed by atoms with Crippen molar-refractivity contribution in [1.82, 2.24) is 15.6 Å². The molecule has 1 aromatic heterocycles. The predicted molar refractivity (Wildman–Crippen MR) is 55.6 cm³/mol. The first kappa shape index (κ1) is 9.12. The van der Waals surface area contributed by atoms with Crippen LogP contribution in [0.25, 0.3) is 0 Å². The van der Waals surface area contributed by atoms with E-state index in [2.05, 4.69) is 37.6 Å². The number of rotatable bonds is 1. The van der Waals surface area contributed by atoms with Gasteiger partial charge >= 0.3 is 0 Å². The maximum Gasteiger partial charge on any atom is 0.0459 e. The van der Waals surface area contributed by atoms with Crippen molar-refractivity contribution in [3.05, 3.63) is 28.5 Å². The lowest BCUT2D eigenvalue weighted by Gasteiger charge is -2.25. The molecule has 1 fully saturated rings. The van der Waals surface area contributed by atoms with Crippen LogP contribution in [0.1, 0.15) is 11.6 Å². The SMILES string of the molecule is Brc1cnccc1[C@@H]1CNCCN1. The number of nitrogens with one attached hydrogen (secondary N) is 2. The largest absolute Gasteiger partial charge is 0.314 e. The van der Waals surface area contributed by atoms with Crippen molar-refractivity contribution in [1.29, 1.82) is 0 Å². The minimum absolute atomic E-state index is 0.408. The summed E-state index contributed by atoms with van der Waals surface area (Å²) in [5.74, 6) is 0. The van der Waals surface area contributed by atoms with Gasteiger partial charge in [-0.3, -0.25) is 4.98 Å². The van der Waals surface area contributed by atoms with Crippen LogP contribution in [0.3, 0.4) is 0 Å². The van der Waals surface area contributed by atoms with Gasteiger partial charge in [0, 0.05) is 42.5 Å². The van der Waals surface area contributed by atoms with Crippen LogP contribution in [0.15, 0.2) is 22.9 Å². The molecule has 0 aliphatic carbocycles. The lowest BCUT2D eigenvalue weighted by molar-refractivity contribution is 0.429. The molecule has 0 saturated carbocycles. The van der Waals surface area contributed by atoms with Gasteiger partial charge in [0.05, 0.1) is 0 Å². The number of aromatic nitrogens is 1. The van der Waals surface area contributed by atoms with Crippen molar-refractivity contribution in [3.8, 4) is 0 Å². The Bertz CT molecular complexity index is 284. The fourth-order valence-corrected chi connectivity index (χ4v) is 2.07. The predicted octanol–water partition coefficient (Wildman–Crippen LogP) is 1.08. The number of pyridine rings is 1. The zero-order valence-electron chi connectivity index (χ0n) is 7.26. The van der Waals surface area contributed by atoms with Crippen LogP contribution in [-0.2, 0) is 0 Å². The summed E-state index contributed by atoms with van der Waals surface area (Å²) in [5, 5.41) is 6.81. The minimum atomic E-state index is 0.408. The first-order valence-corrected chi connectivity index (χ1v) is 5.21. The van der Waals surface area contributed by atoms with Crippen LogP contribution in [-0.4, -0.2) is 24.6 Å². The van der Waals surface area contributed by atoms with Crippen LogP contribution in [0.5, 0.6) is 0 Å². The Hall–Kier alpha value is -0.450. The Morgan fingerprint density at radius 1 is 1.46 bits per heavy atom. The third kappa shape index (κ3) is 2.07. The van der Waals surface area contributed by atoms with Gasteiger partial charge in [-0.1, -0.05) is 0 Å². The second-order valence-corrected chi connectivity index (χ2v) is 3.96. The highest BCUT2D eigenvalue weighted by molar-refractivity contribution is 9.10. The second-order valence-electron chi connectivity index (χ2n) is 3.11. The number of piperazine rings is 1. The van der Waals surface area contributed by atoms with E-state index in [1.54, 1.807) is 0 Å². The smallest absolute Gasteiger partial charge is 0.0459 e. The lowest BCUT2D eigenvalue weighted by Crippen LogP contribution is -2.42. The normalized spacial score (nSPS) is 23.0. The topological polar surface area (TPSA) is 37.0 Å². The molecule has 2 heterocycles. The molecular formula is C9H12BrN3. The van der Waals surface area contributed by atoms with Gasteiger partial charge in [0.25, 0.3) is 0 Å². The zero-order chi connectivity index (χ0) is 9.10. The second kappa shape index (κ2) is 4.17. The Balaban J connectivity index is 2.18. The Morgan fingerprint density at radius 2 is 2.38 bits per heavy atom. The van der Waals surface area contributed by atoms with E-state index >= 15 is 0 Å². The molecule has 0 aromatic carbocycles. The molecule has 1 saturated heterocycles. The number of nitrogens with zero attached hydrogens (tertiary/aromatic N) is 1. The molecule has 2 N–H and O–H groups in total. The van der Waals surface area contributed by atoms with E-state index < -0.39 is 0 Å². The van der Waals surface area contributed by atoms with Gasteiger partial charge in [0.1, 0.15) is 0 Å². The Labute approximate surface area is 86.1 Å². The molecule has 1 aliphatic rings. The molecule has 0 spiro atoms. The summed E-state index contributed by atoms with van der Waals surface area (Å²) < 4.78 is 1.08. The fraction of sp³-hybridized carbons (Fsp3) is 0.444. The highest BCUT2D eigenvalue weighted by Gasteiger charge is 2.15. The van der Waals surface area contributed by atoms with Crippen molar-refractivity contribution in [2.75, 3.05) is 19.6 Å². The van der Waals surface area contributed by atoms with Gasteiger partial charge in [-0.05, 0) is 27.6 Å². The van der Waals surface area contributed by atoms with Crippen LogP contribution in [0, 0.1) is 0 Å². The third-order valence-corrected chi connectivity index (χ3v) is 2.88. The molecule has 0 bridgehead atoms. The molecule has 2 rings (SSSR count). The number of hydrogen-bond acceptors (Lipinski definition) is 3. The highest BCUT2D eigenvalue weighted by atomic mass is 79.9. The summed E-state index contributed by atoms with van der Waals surface area (Å²) >= 11 is 3.50. The number of halogens is 1. The van der Waals surface area contributed by atoms with E-state index in [0.29, 0.717) is 6.04 Å². The molecule has 1 atom stereocenters. The van der Waals surface area contributed by atoms with Gasteiger partial charge in [-0.25, -0.2) is 0 Å². The molecular weight excluding hydrogens is 230 g/mol. The van der Waals surface area contributed by atoms with E-state index in [9.17, 15) is 0 Å². The number of hydrogen-bond donors (Lipinski definition) is 2. The van der Waals surface area contributed by atoms with E-state index in [-0.39, 0.29) is 0 Å². The monoisotopic (exact) mass is 241 g/mol. The highest BCUT2D eigenvalue weighted by Crippen LogP contribution is 2.22. The van der Waals surface area contributed by atoms with E-state index in [0.717, 1.165) is 24.1 Å². The first-order valence-electron chi connectivity index (χ1n) is 4.41. The quantitative estimate of drug-likeness (QED) is 0.773. The van der Waals surface area contributed by atoms with Gasteiger partial charge in [-0.2, -0.15) is 0 Å². The molecule has 1 aromatic rings. The first-order chi connectivity index (χ1) is 6.38. The Kier molecular flexibility index (Phi) is 2.93. The molecule has 13 heavy (non-hydrogen) atoms. The van der Waals surface area contributed by atoms with Crippen LogP contribution >= 0.6 is 15.9 Å². The molecule has 0 amide bonds. The average Bonchev–Trinajstić information content (AvgIpc) is 2.20. The van der Waals surface area contributed by atoms with Gasteiger partial charge in [0.15, 0.2) is 0 Å². The molecule has 0 unspecified atom stereocenters. The minimum Gasteiger partial charge on any atom is -0.314 e. The van der Waals surface area contributed by atoms with Gasteiger partial charge in [-0.15, -0.1) is 0 Å². The molecule has 4 heteroatoms. The fourth-order valence-electron chi connectivity index (χ4n) is 1.54. The maximum atomic E-state index is 4.04. The van der Waals surface area contributed by atoms with Gasteiger partial charge < -0.3 is 10.6 Å². The van der Waals surface area contributed by atoms with Crippen LogP contribution < -0.4 is 10.6 Å². The van der Waals surface area contributed by atoms with Crippen molar-refractivity contribution < 1.29 is 0 Å². The van der Waals surface area contributed by atoms with E-state index in [1.165, 1.54) is 5.56 Å². The Morgan fingerprint density at radius 3 is 3.08 bits per heavy atom. The summed E-state index contributed by atoms with van der Waals surface area (Å²) in [6, 6.07) is 2.46. The third-order valence-electron chi connectivity index (χ3n) is 2.22. The zero-order valence-corrected chi connectivity index (χ0v) is 8.84. The van der Waals surface area contributed by atoms with Crippen molar-refractivity contribution in [3.63, 3.8) is 0 Å². The summed E-state index contributed by atoms with van der Waals surface area (Å²) in [7, 11) is 0. The summed E-state index contributed by atoms with van der Waals surface area (Å²) in [5.41, 5.74) is 1.28. The standard InChI is InChI=1S/C9H12BrN3/c10-8-5-11-2-1-7(8)9-6-12-3-4-13-9/h1-2,5,9,12-13H,3-4,6H2/t9-/m0/s1. The molecule has 0 radical (unpaired) electrons. The summed E-state index contributed by atoms with van der Waals surface area (Å²) in [6.45, 7) is 3.07. The van der Waals surface area contributed by atoms with Gasteiger partial charge in [0.2, 0.25) is 0 Å². The van der Waals surface area contributed by atoms with Crippen molar-refractivity contribution >= 4 is 15.9 Å². The molecule has 70 valence electrons. The lowest BCUT2D eigenvalue weighted by atomic mass is 10.1. The van der Waals surface area contributed by atoms with Crippen molar-refractivity contribution in [2.24, 2.45) is 0 Å². The van der Waals surface area contributed by atoms with E-state index in [4.69, 9.17) is 0 Å². The summed E-state index contributed by atoms with van der Waals surface area (Å²) in [4.78, 5) is 4.04. The molecule has 3 nitrogen and oxygen atoms in total. The van der Waals surface area contributed by atoms with Crippen LogP contribution in [0.4, 0.5) is 0 Å². The maximum absolute atomic E-state index is 4.04.